The van der Waals surface area contributed by atoms with Crippen LogP contribution in [0.25, 0.3) is 0 Å². The highest BCUT2D eigenvalue weighted by Crippen LogP contribution is 2.30. The van der Waals surface area contributed by atoms with Crippen molar-refractivity contribution in [1.82, 2.24) is 15.3 Å². The van der Waals surface area contributed by atoms with E-state index < -0.39 is 5.91 Å². The number of aryl methyl sites for hydroxylation is 3. The average molecular weight is 403 g/mol. The third kappa shape index (κ3) is 4.68. The second-order valence-electron chi connectivity index (χ2n) is 6.56. The molecule has 0 aliphatic rings. The SMILES string of the molecule is CCCNC(=O)c1nc(C)nc(C)c1C(=O)Nc1c(CC)ccc(Cl)c1CC. The van der Waals surface area contributed by atoms with E-state index in [0.717, 1.165) is 24.0 Å². The Kier molecular flexibility index (Phi) is 7.52. The van der Waals surface area contributed by atoms with Crippen molar-refractivity contribution in [2.45, 2.75) is 53.9 Å². The van der Waals surface area contributed by atoms with Crippen LogP contribution in [0, 0.1) is 13.8 Å². The van der Waals surface area contributed by atoms with E-state index >= 15 is 0 Å². The molecule has 2 amide bonds. The number of aromatic nitrogens is 2. The summed E-state index contributed by atoms with van der Waals surface area (Å²) in [6.07, 6.45) is 2.21. The summed E-state index contributed by atoms with van der Waals surface area (Å²) in [6, 6.07) is 3.75. The van der Waals surface area contributed by atoms with Crippen molar-refractivity contribution in [2.24, 2.45) is 0 Å². The van der Waals surface area contributed by atoms with Crippen molar-refractivity contribution in [3.8, 4) is 0 Å². The third-order valence-electron chi connectivity index (χ3n) is 4.49. The molecule has 0 aliphatic heterocycles. The van der Waals surface area contributed by atoms with Gasteiger partial charge in [0.1, 0.15) is 11.5 Å². The van der Waals surface area contributed by atoms with E-state index in [-0.39, 0.29) is 17.2 Å². The van der Waals surface area contributed by atoms with E-state index in [1.54, 1.807) is 13.8 Å². The van der Waals surface area contributed by atoms with Gasteiger partial charge in [0.05, 0.1) is 11.3 Å². The molecule has 1 aromatic carbocycles. The number of rotatable bonds is 7. The normalized spacial score (nSPS) is 10.6. The Morgan fingerprint density at radius 2 is 1.75 bits per heavy atom. The highest BCUT2D eigenvalue weighted by molar-refractivity contribution is 6.32. The molecular weight excluding hydrogens is 376 g/mol. The van der Waals surface area contributed by atoms with E-state index in [2.05, 4.69) is 20.6 Å². The van der Waals surface area contributed by atoms with E-state index in [1.165, 1.54) is 0 Å². The second-order valence-corrected chi connectivity index (χ2v) is 6.96. The molecule has 28 heavy (non-hydrogen) atoms. The van der Waals surface area contributed by atoms with Gasteiger partial charge in [-0.1, -0.05) is 38.4 Å². The highest BCUT2D eigenvalue weighted by Gasteiger charge is 2.24. The van der Waals surface area contributed by atoms with Crippen molar-refractivity contribution >= 4 is 29.1 Å². The average Bonchev–Trinajstić information content (AvgIpc) is 2.65. The number of nitrogens with zero attached hydrogens (tertiary/aromatic N) is 2. The number of nitrogens with one attached hydrogen (secondary N) is 2. The standard InChI is InChI=1S/C21H27ClN4O2/c1-6-11-23-21(28)19-17(12(4)24-13(5)25-19)20(27)26-18-14(7-2)9-10-16(22)15(18)8-3/h9-10H,6-8,11H2,1-5H3,(H,23,28)(H,26,27). The molecule has 6 nitrogen and oxygen atoms in total. The van der Waals surface area contributed by atoms with Crippen molar-refractivity contribution in [2.75, 3.05) is 11.9 Å². The van der Waals surface area contributed by atoms with Gasteiger partial charge in [-0.05, 0) is 50.3 Å². The molecule has 0 fully saturated rings. The largest absolute Gasteiger partial charge is 0.351 e. The van der Waals surface area contributed by atoms with Crippen LogP contribution in [-0.2, 0) is 12.8 Å². The Labute approximate surface area is 171 Å². The summed E-state index contributed by atoms with van der Waals surface area (Å²) in [5, 5.41) is 6.36. The van der Waals surface area contributed by atoms with Crippen LogP contribution in [-0.4, -0.2) is 28.3 Å². The lowest BCUT2D eigenvalue weighted by Gasteiger charge is -2.17. The van der Waals surface area contributed by atoms with Crippen LogP contribution in [0.1, 0.15) is 70.7 Å². The van der Waals surface area contributed by atoms with Crippen molar-refractivity contribution in [3.63, 3.8) is 0 Å². The van der Waals surface area contributed by atoms with Gasteiger partial charge in [-0.3, -0.25) is 9.59 Å². The minimum atomic E-state index is -0.411. The number of benzene rings is 1. The molecule has 1 heterocycles. The van der Waals surface area contributed by atoms with Crippen LogP contribution in [0.2, 0.25) is 5.02 Å². The monoisotopic (exact) mass is 402 g/mol. The Morgan fingerprint density at radius 1 is 1.04 bits per heavy atom. The number of anilines is 1. The van der Waals surface area contributed by atoms with Gasteiger partial charge in [0, 0.05) is 17.3 Å². The molecular formula is C21H27ClN4O2. The topological polar surface area (TPSA) is 84.0 Å². The summed E-state index contributed by atoms with van der Waals surface area (Å²) in [7, 11) is 0. The van der Waals surface area contributed by atoms with E-state index in [4.69, 9.17) is 11.6 Å². The van der Waals surface area contributed by atoms with Gasteiger partial charge in [-0.2, -0.15) is 0 Å². The molecule has 0 radical (unpaired) electrons. The van der Waals surface area contributed by atoms with Crippen molar-refractivity contribution in [3.05, 3.63) is 51.1 Å². The van der Waals surface area contributed by atoms with Crippen LogP contribution in [0.15, 0.2) is 12.1 Å². The maximum atomic E-state index is 13.2. The number of hydrogen-bond donors (Lipinski definition) is 2. The minimum absolute atomic E-state index is 0.0917. The van der Waals surface area contributed by atoms with Crippen LogP contribution in [0.5, 0.6) is 0 Å². The Bertz CT molecular complexity index is 896. The molecule has 2 N–H and O–H groups in total. The van der Waals surface area contributed by atoms with Gasteiger partial charge < -0.3 is 10.6 Å². The molecule has 0 atom stereocenters. The summed E-state index contributed by atoms with van der Waals surface area (Å²) < 4.78 is 0. The molecule has 150 valence electrons. The van der Waals surface area contributed by atoms with E-state index in [0.29, 0.717) is 35.2 Å². The Morgan fingerprint density at radius 3 is 2.36 bits per heavy atom. The molecule has 0 saturated heterocycles. The van der Waals surface area contributed by atoms with E-state index in [1.807, 2.05) is 32.9 Å². The first-order chi connectivity index (χ1) is 13.3. The van der Waals surface area contributed by atoms with Crippen LogP contribution in [0.4, 0.5) is 5.69 Å². The number of halogens is 1. The molecule has 0 unspecified atom stereocenters. The van der Waals surface area contributed by atoms with Crippen LogP contribution >= 0.6 is 11.6 Å². The zero-order chi connectivity index (χ0) is 20.8. The third-order valence-corrected chi connectivity index (χ3v) is 4.85. The first kappa shape index (κ1) is 21.8. The number of hydrogen-bond acceptors (Lipinski definition) is 4. The number of carbonyl (C=O) groups is 2. The molecule has 0 bridgehead atoms. The molecule has 0 spiro atoms. The van der Waals surface area contributed by atoms with Gasteiger partial charge in [-0.15, -0.1) is 0 Å². The van der Waals surface area contributed by atoms with Crippen molar-refractivity contribution < 1.29 is 9.59 Å². The van der Waals surface area contributed by atoms with Crippen molar-refractivity contribution in [1.29, 1.82) is 0 Å². The van der Waals surface area contributed by atoms with Gasteiger partial charge >= 0.3 is 0 Å². The number of carbonyl (C=O) groups excluding carboxylic acids is 2. The summed E-state index contributed by atoms with van der Waals surface area (Å²) in [5.74, 6) is -0.342. The predicted molar refractivity (Wildman–Crippen MR) is 112 cm³/mol. The van der Waals surface area contributed by atoms with Gasteiger partial charge in [0.15, 0.2) is 0 Å². The zero-order valence-corrected chi connectivity index (χ0v) is 17.8. The fourth-order valence-electron chi connectivity index (χ4n) is 3.11. The highest BCUT2D eigenvalue weighted by atomic mass is 35.5. The summed E-state index contributed by atoms with van der Waals surface area (Å²) in [4.78, 5) is 34.3. The lowest BCUT2D eigenvalue weighted by atomic mass is 10.0. The lowest BCUT2D eigenvalue weighted by molar-refractivity contribution is 0.0934. The van der Waals surface area contributed by atoms with E-state index in [9.17, 15) is 9.59 Å². The summed E-state index contributed by atoms with van der Waals surface area (Å²) in [6.45, 7) is 9.88. The maximum absolute atomic E-state index is 13.2. The summed E-state index contributed by atoms with van der Waals surface area (Å²) >= 11 is 6.34. The smallest absolute Gasteiger partial charge is 0.270 e. The first-order valence-corrected chi connectivity index (χ1v) is 9.96. The summed E-state index contributed by atoms with van der Waals surface area (Å²) in [5.41, 5.74) is 3.29. The Balaban J connectivity index is 2.51. The zero-order valence-electron chi connectivity index (χ0n) is 17.1. The fourth-order valence-corrected chi connectivity index (χ4v) is 3.41. The van der Waals surface area contributed by atoms with Crippen LogP contribution < -0.4 is 10.6 Å². The molecule has 7 heteroatoms. The first-order valence-electron chi connectivity index (χ1n) is 9.58. The van der Waals surface area contributed by atoms with Crippen LogP contribution in [0.3, 0.4) is 0 Å². The quantitative estimate of drug-likeness (QED) is 0.724. The Hall–Kier alpha value is -2.47. The van der Waals surface area contributed by atoms with Gasteiger partial charge in [0.2, 0.25) is 0 Å². The maximum Gasteiger partial charge on any atom is 0.270 e. The minimum Gasteiger partial charge on any atom is -0.351 e. The van der Waals surface area contributed by atoms with Gasteiger partial charge in [-0.25, -0.2) is 9.97 Å². The predicted octanol–water partition coefficient (Wildman–Crippen LogP) is 4.26. The molecule has 1 aromatic heterocycles. The molecule has 0 aliphatic carbocycles. The fraction of sp³-hybridized carbons (Fsp3) is 0.429. The van der Waals surface area contributed by atoms with Gasteiger partial charge in [0.25, 0.3) is 11.8 Å². The molecule has 2 aromatic rings. The second kappa shape index (κ2) is 9.64. The molecule has 2 rings (SSSR count). The molecule has 0 saturated carbocycles. The lowest BCUT2D eigenvalue weighted by Crippen LogP contribution is -2.30. The number of amides is 2.